The van der Waals surface area contributed by atoms with Gasteiger partial charge >= 0.3 is 6.18 Å². The highest BCUT2D eigenvalue weighted by molar-refractivity contribution is 6.83. The predicted molar refractivity (Wildman–Crippen MR) is 71.0 cm³/mol. The summed E-state index contributed by atoms with van der Waals surface area (Å²) in [5.41, 5.74) is 2.27. The van der Waals surface area contributed by atoms with E-state index in [2.05, 4.69) is 36.3 Å². The molecule has 0 atom stereocenters. The molecule has 1 N–H and O–H groups in total. The molecule has 0 spiro atoms. The lowest BCUT2D eigenvalue weighted by Crippen LogP contribution is -2.23. The minimum Gasteiger partial charge on any atom is -0.410 e. The van der Waals surface area contributed by atoms with Gasteiger partial charge in [-0.25, -0.2) is 0 Å². The van der Waals surface area contributed by atoms with Crippen LogP contribution in [0.2, 0.25) is 19.6 Å². The van der Waals surface area contributed by atoms with Crippen LogP contribution in [0, 0.1) is 11.5 Å². The molecule has 0 fully saturated rings. The summed E-state index contributed by atoms with van der Waals surface area (Å²) < 4.78 is 37.5. The second kappa shape index (κ2) is 5.49. The van der Waals surface area contributed by atoms with Gasteiger partial charge in [0.2, 0.25) is 0 Å². The average molecular weight is 285 g/mol. The zero-order valence-electron chi connectivity index (χ0n) is 10.8. The van der Waals surface area contributed by atoms with Crippen molar-refractivity contribution in [1.29, 1.82) is 0 Å². The van der Waals surface area contributed by atoms with Crippen molar-refractivity contribution in [2.75, 3.05) is 0 Å². The predicted octanol–water partition coefficient (Wildman–Crippen LogP) is 3.66. The summed E-state index contributed by atoms with van der Waals surface area (Å²) in [6.45, 7) is 6.23. The number of hydrogen-bond acceptors (Lipinski definition) is 2. The van der Waals surface area contributed by atoms with Gasteiger partial charge in [0.15, 0.2) is 5.71 Å². The largest absolute Gasteiger partial charge is 0.437 e. The third-order valence-corrected chi connectivity index (χ3v) is 2.98. The number of oxime groups is 1. The molecule has 0 aromatic heterocycles. The van der Waals surface area contributed by atoms with Gasteiger partial charge in [0, 0.05) is 11.1 Å². The van der Waals surface area contributed by atoms with Gasteiger partial charge in [0.25, 0.3) is 0 Å². The summed E-state index contributed by atoms with van der Waals surface area (Å²) in [5, 5.41) is 10.7. The number of nitrogens with zero attached hydrogens (tertiary/aromatic N) is 1. The van der Waals surface area contributed by atoms with Crippen molar-refractivity contribution in [3.63, 3.8) is 0 Å². The Balaban J connectivity index is 3.03. The number of halogens is 3. The second-order valence-electron chi connectivity index (χ2n) is 5.02. The first-order chi connectivity index (χ1) is 8.63. The van der Waals surface area contributed by atoms with Gasteiger partial charge in [-0.3, -0.25) is 0 Å². The molecule has 0 radical (unpaired) electrons. The Kier molecular flexibility index (Phi) is 4.42. The van der Waals surface area contributed by atoms with Gasteiger partial charge in [-0.2, -0.15) is 13.2 Å². The van der Waals surface area contributed by atoms with Crippen LogP contribution in [0.1, 0.15) is 11.1 Å². The van der Waals surface area contributed by atoms with E-state index in [0.717, 1.165) is 0 Å². The first-order valence-corrected chi connectivity index (χ1v) is 9.06. The van der Waals surface area contributed by atoms with Crippen molar-refractivity contribution >= 4 is 13.8 Å². The van der Waals surface area contributed by atoms with Crippen LogP contribution in [-0.4, -0.2) is 25.2 Å². The summed E-state index contributed by atoms with van der Waals surface area (Å²) in [5.74, 6) is 2.94. The molecule has 1 rings (SSSR count). The van der Waals surface area contributed by atoms with Crippen molar-refractivity contribution in [1.82, 2.24) is 0 Å². The van der Waals surface area contributed by atoms with Gasteiger partial charge in [-0.15, -0.1) is 5.54 Å². The minimum atomic E-state index is -4.68. The molecule has 0 aliphatic carbocycles. The van der Waals surface area contributed by atoms with Gasteiger partial charge in [0.1, 0.15) is 8.07 Å². The summed E-state index contributed by atoms with van der Waals surface area (Å²) in [6, 6.07) is 5.46. The Morgan fingerprint density at radius 3 is 2.05 bits per heavy atom. The standard InChI is InChI=1S/C13H14F3NOSi/c1-19(2,3)9-8-10-4-6-11(7-5-10)12(17-18)13(14,15)16/h4-7,18H,1-3H3/b17-12-. The van der Waals surface area contributed by atoms with Gasteiger partial charge in [-0.1, -0.05) is 42.8 Å². The Morgan fingerprint density at radius 1 is 1.16 bits per heavy atom. The Bertz CT molecular complexity index is 530. The van der Waals surface area contributed by atoms with E-state index < -0.39 is 20.0 Å². The third kappa shape index (κ3) is 4.79. The number of hydrogen-bond donors (Lipinski definition) is 1. The van der Waals surface area contributed by atoms with Gasteiger partial charge in [0.05, 0.1) is 0 Å². The second-order valence-corrected chi connectivity index (χ2v) is 9.77. The molecule has 0 aliphatic rings. The fraction of sp³-hybridized carbons (Fsp3) is 0.308. The highest BCUT2D eigenvalue weighted by Crippen LogP contribution is 2.22. The van der Waals surface area contributed by atoms with Crippen LogP contribution < -0.4 is 0 Å². The number of benzene rings is 1. The molecule has 1 aromatic carbocycles. The molecule has 6 heteroatoms. The summed E-state index contributed by atoms with van der Waals surface area (Å²) >= 11 is 0. The summed E-state index contributed by atoms with van der Waals surface area (Å²) in [7, 11) is -1.52. The fourth-order valence-electron chi connectivity index (χ4n) is 1.25. The summed E-state index contributed by atoms with van der Waals surface area (Å²) in [6.07, 6.45) is -4.68. The van der Waals surface area contributed by atoms with Crippen molar-refractivity contribution in [2.45, 2.75) is 25.8 Å². The van der Waals surface area contributed by atoms with Crippen LogP contribution in [0.5, 0.6) is 0 Å². The highest BCUT2D eigenvalue weighted by atomic mass is 28.3. The minimum absolute atomic E-state index is 0.187. The van der Waals surface area contributed by atoms with E-state index in [1.54, 1.807) is 0 Å². The first kappa shape index (κ1) is 15.3. The molecular formula is C13H14F3NOSi. The lowest BCUT2D eigenvalue weighted by molar-refractivity contribution is -0.0601. The van der Waals surface area contributed by atoms with Crippen molar-refractivity contribution < 1.29 is 18.4 Å². The van der Waals surface area contributed by atoms with E-state index in [1.807, 2.05) is 0 Å². The van der Waals surface area contributed by atoms with E-state index >= 15 is 0 Å². The van der Waals surface area contributed by atoms with Crippen molar-refractivity contribution in [3.8, 4) is 11.5 Å². The average Bonchev–Trinajstić information content (AvgIpc) is 2.26. The Hall–Kier alpha value is -1.74. The van der Waals surface area contributed by atoms with Gasteiger partial charge < -0.3 is 5.21 Å². The molecule has 1 aromatic rings. The zero-order valence-corrected chi connectivity index (χ0v) is 11.8. The quantitative estimate of drug-likeness (QED) is 0.276. The van der Waals surface area contributed by atoms with Crippen molar-refractivity contribution in [3.05, 3.63) is 35.4 Å². The van der Waals surface area contributed by atoms with Crippen LogP contribution in [0.25, 0.3) is 0 Å². The highest BCUT2D eigenvalue weighted by Gasteiger charge is 2.37. The Labute approximate surface area is 111 Å². The number of rotatable bonds is 1. The van der Waals surface area contributed by atoms with E-state index in [-0.39, 0.29) is 5.56 Å². The van der Waals surface area contributed by atoms with E-state index in [0.29, 0.717) is 5.56 Å². The van der Waals surface area contributed by atoms with Gasteiger partial charge in [-0.05, 0) is 12.1 Å². The molecule has 0 heterocycles. The van der Waals surface area contributed by atoms with Crippen LogP contribution >= 0.6 is 0 Å². The molecule has 0 amide bonds. The topological polar surface area (TPSA) is 32.6 Å². The van der Waals surface area contributed by atoms with E-state index in [4.69, 9.17) is 5.21 Å². The first-order valence-electron chi connectivity index (χ1n) is 5.56. The van der Waals surface area contributed by atoms with E-state index in [1.165, 1.54) is 24.3 Å². The monoisotopic (exact) mass is 285 g/mol. The van der Waals surface area contributed by atoms with Crippen LogP contribution in [-0.2, 0) is 0 Å². The molecule has 0 unspecified atom stereocenters. The number of alkyl halides is 3. The summed E-state index contributed by atoms with van der Waals surface area (Å²) in [4.78, 5) is 0. The molecule has 102 valence electrons. The third-order valence-electron chi connectivity index (χ3n) is 2.11. The Morgan fingerprint density at radius 2 is 1.68 bits per heavy atom. The van der Waals surface area contributed by atoms with Crippen LogP contribution in [0.4, 0.5) is 13.2 Å². The lowest BCUT2D eigenvalue weighted by Gasteiger charge is -2.08. The molecular weight excluding hydrogens is 271 g/mol. The molecule has 0 bridgehead atoms. The molecule has 2 nitrogen and oxygen atoms in total. The maximum atomic E-state index is 12.5. The smallest absolute Gasteiger partial charge is 0.410 e. The fourth-order valence-corrected chi connectivity index (χ4v) is 1.77. The van der Waals surface area contributed by atoms with Crippen LogP contribution in [0.15, 0.2) is 29.4 Å². The van der Waals surface area contributed by atoms with E-state index in [9.17, 15) is 13.2 Å². The maximum absolute atomic E-state index is 12.5. The maximum Gasteiger partial charge on any atom is 0.437 e. The van der Waals surface area contributed by atoms with Crippen LogP contribution in [0.3, 0.4) is 0 Å². The molecule has 0 saturated heterocycles. The molecule has 0 saturated carbocycles. The molecule has 0 aliphatic heterocycles. The molecule has 19 heavy (non-hydrogen) atoms. The SMILES string of the molecule is C[Si](C)(C)C#Cc1ccc(/C(=N/O)C(F)(F)F)cc1. The zero-order chi connectivity index (χ0) is 14.7. The normalized spacial score (nSPS) is 12.8. The lowest BCUT2D eigenvalue weighted by atomic mass is 10.1. The van der Waals surface area contributed by atoms with Crippen molar-refractivity contribution in [2.24, 2.45) is 5.16 Å².